The second-order valence-corrected chi connectivity index (χ2v) is 3.72. The van der Waals surface area contributed by atoms with E-state index in [1.807, 2.05) is 13.0 Å². The summed E-state index contributed by atoms with van der Waals surface area (Å²) in [6, 6.07) is 1.87. The number of hydrogen-bond donors (Lipinski definition) is 2. The van der Waals surface area contributed by atoms with Gasteiger partial charge in [0.25, 0.3) is 0 Å². The molecule has 0 radical (unpaired) electrons. The normalized spacial score (nSPS) is 14.1. The van der Waals surface area contributed by atoms with Crippen LogP contribution in [0.1, 0.15) is 11.1 Å². The van der Waals surface area contributed by atoms with Crippen LogP contribution >= 0.6 is 11.6 Å². The topological polar surface area (TPSA) is 50.7 Å². The predicted octanol–water partition coefficient (Wildman–Crippen LogP) is 1.90. The molecule has 1 aromatic carbocycles. The molecular weight excluding hydrogens is 218 g/mol. The smallest absolute Gasteiger partial charge is 0.180 e. The maximum atomic E-state index is 8.69. The summed E-state index contributed by atoms with van der Waals surface area (Å²) in [5, 5.41) is 9.20. The fraction of sp³-hybridized carbons (Fsp3) is 0.400. The lowest BCUT2D eigenvalue weighted by Gasteiger charge is -2.22. The van der Waals surface area contributed by atoms with Crippen LogP contribution in [0.4, 0.5) is 0 Å². The minimum Gasteiger partial charge on any atom is -0.486 e. The molecule has 0 fully saturated rings. The summed E-state index contributed by atoms with van der Waals surface area (Å²) >= 11 is 6.15. The first-order valence-electron chi connectivity index (χ1n) is 4.68. The maximum absolute atomic E-state index is 8.69. The number of hydrogen-bond acceptors (Lipinski definition) is 4. The molecule has 0 bridgehead atoms. The van der Waals surface area contributed by atoms with Crippen LogP contribution < -0.4 is 15.0 Å². The third-order valence-corrected chi connectivity index (χ3v) is 2.75. The molecule has 15 heavy (non-hydrogen) atoms. The van der Waals surface area contributed by atoms with E-state index in [1.165, 1.54) is 0 Å². The van der Waals surface area contributed by atoms with Crippen molar-refractivity contribution < 1.29 is 14.7 Å². The molecule has 0 saturated heterocycles. The minimum atomic E-state index is 0.293. The predicted molar refractivity (Wildman–Crippen MR) is 55.8 cm³/mol. The van der Waals surface area contributed by atoms with Crippen LogP contribution in [0.15, 0.2) is 6.07 Å². The zero-order valence-corrected chi connectivity index (χ0v) is 9.10. The Labute approximate surface area is 92.7 Å². The minimum absolute atomic E-state index is 0.293. The Morgan fingerprint density at radius 3 is 2.93 bits per heavy atom. The quantitative estimate of drug-likeness (QED) is 0.761. The monoisotopic (exact) mass is 229 g/mol. The summed E-state index contributed by atoms with van der Waals surface area (Å²) in [6.45, 7) is 3.25. The lowest BCUT2D eigenvalue weighted by Crippen LogP contribution is -2.17. The molecule has 0 aliphatic carbocycles. The Balaban J connectivity index is 2.49. The van der Waals surface area contributed by atoms with Crippen molar-refractivity contribution in [1.29, 1.82) is 0 Å². The van der Waals surface area contributed by atoms with Gasteiger partial charge >= 0.3 is 0 Å². The van der Waals surface area contributed by atoms with Crippen molar-refractivity contribution in [2.45, 2.75) is 13.5 Å². The number of nitrogens with one attached hydrogen (secondary N) is 1. The van der Waals surface area contributed by atoms with Crippen LogP contribution in [0.3, 0.4) is 0 Å². The number of rotatable bonds is 2. The number of fused-ring (bicyclic) bond motifs is 1. The highest BCUT2D eigenvalue weighted by molar-refractivity contribution is 6.33. The summed E-state index contributed by atoms with van der Waals surface area (Å²) in [5.41, 5.74) is 3.88. The van der Waals surface area contributed by atoms with Crippen molar-refractivity contribution in [2.24, 2.45) is 0 Å². The van der Waals surface area contributed by atoms with Crippen molar-refractivity contribution in [3.63, 3.8) is 0 Å². The molecule has 1 aliphatic rings. The first-order valence-corrected chi connectivity index (χ1v) is 5.06. The molecule has 1 aromatic rings. The van der Waals surface area contributed by atoms with Gasteiger partial charge in [0.15, 0.2) is 11.5 Å². The van der Waals surface area contributed by atoms with Gasteiger partial charge in [0.1, 0.15) is 13.2 Å². The largest absolute Gasteiger partial charge is 0.486 e. The lowest BCUT2D eigenvalue weighted by molar-refractivity contribution is 0.159. The van der Waals surface area contributed by atoms with Crippen molar-refractivity contribution in [3.8, 4) is 11.5 Å². The molecule has 0 spiro atoms. The average molecular weight is 230 g/mol. The lowest BCUT2D eigenvalue weighted by atomic mass is 10.1. The van der Waals surface area contributed by atoms with Crippen molar-refractivity contribution >= 4 is 11.6 Å². The van der Waals surface area contributed by atoms with Gasteiger partial charge in [-0.2, -0.15) is 0 Å². The third-order valence-electron chi connectivity index (χ3n) is 2.35. The second-order valence-electron chi connectivity index (χ2n) is 3.35. The first kappa shape index (κ1) is 10.5. The molecule has 0 unspecified atom stereocenters. The maximum Gasteiger partial charge on any atom is 0.180 e. The Morgan fingerprint density at radius 2 is 2.20 bits per heavy atom. The molecule has 82 valence electrons. The summed E-state index contributed by atoms with van der Waals surface area (Å²) in [6.07, 6.45) is 0. The van der Waals surface area contributed by atoms with Crippen LogP contribution in [0.2, 0.25) is 5.02 Å². The van der Waals surface area contributed by atoms with E-state index < -0.39 is 0 Å². The Morgan fingerprint density at radius 1 is 1.47 bits per heavy atom. The van der Waals surface area contributed by atoms with Crippen LogP contribution in [0, 0.1) is 6.92 Å². The van der Waals surface area contributed by atoms with E-state index in [0.717, 1.165) is 11.1 Å². The standard InChI is InChI=1S/C10H12ClNO3/c1-6-4-8-10(15-3-2-14-8)9(11)7(6)5-12-13/h4,12-13H,2-3,5H2,1H3. The van der Waals surface area contributed by atoms with Crippen LogP contribution in [-0.4, -0.2) is 18.4 Å². The fourth-order valence-corrected chi connectivity index (χ4v) is 1.96. The molecule has 0 aromatic heterocycles. The van der Waals surface area contributed by atoms with E-state index in [9.17, 15) is 0 Å². The summed E-state index contributed by atoms with van der Waals surface area (Å²) < 4.78 is 10.9. The number of halogens is 1. The first-order chi connectivity index (χ1) is 7.24. The fourth-order valence-electron chi connectivity index (χ4n) is 1.60. The molecule has 2 rings (SSSR count). The Hall–Kier alpha value is -0.970. The van der Waals surface area contributed by atoms with E-state index in [2.05, 4.69) is 5.48 Å². The van der Waals surface area contributed by atoms with Crippen LogP contribution in [-0.2, 0) is 6.54 Å². The molecule has 2 N–H and O–H groups in total. The van der Waals surface area contributed by atoms with Crippen molar-refractivity contribution in [2.75, 3.05) is 13.2 Å². The van der Waals surface area contributed by atoms with E-state index in [0.29, 0.717) is 36.3 Å². The Kier molecular flexibility index (Phi) is 3.00. The number of aryl methyl sites for hydroxylation is 1. The number of ether oxygens (including phenoxy) is 2. The van der Waals surface area contributed by atoms with Gasteiger partial charge in [-0.1, -0.05) is 11.6 Å². The third kappa shape index (κ3) is 1.88. The Bertz CT molecular complexity index is 381. The summed E-state index contributed by atoms with van der Waals surface area (Å²) in [4.78, 5) is 0. The van der Waals surface area contributed by atoms with E-state index >= 15 is 0 Å². The van der Waals surface area contributed by atoms with E-state index in [-0.39, 0.29) is 0 Å². The van der Waals surface area contributed by atoms with Crippen LogP contribution in [0.25, 0.3) is 0 Å². The zero-order valence-electron chi connectivity index (χ0n) is 8.34. The highest BCUT2D eigenvalue weighted by atomic mass is 35.5. The SMILES string of the molecule is Cc1cc2c(c(Cl)c1CNO)OCCO2. The van der Waals surface area contributed by atoms with Crippen molar-refractivity contribution in [1.82, 2.24) is 5.48 Å². The molecule has 0 saturated carbocycles. The van der Waals surface area contributed by atoms with Gasteiger partial charge in [0.05, 0.1) is 5.02 Å². The van der Waals surface area contributed by atoms with E-state index in [1.54, 1.807) is 0 Å². The highest BCUT2D eigenvalue weighted by Gasteiger charge is 2.19. The average Bonchev–Trinajstić information content (AvgIpc) is 2.24. The van der Waals surface area contributed by atoms with E-state index in [4.69, 9.17) is 26.3 Å². The van der Waals surface area contributed by atoms with Gasteiger partial charge < -0.3 is 14.7 Å². The van der Waals surface area contributed by atoms with Gasteiger partial charge in [-0.3, -0.25) is 0 Å². The molecule has 0 atom stereocenters. The molecule has 1 heterocycles. The molecule has 5 heteroatoms. The summed E-state index contributed by atoms with van der Waals surface area (Å²) in [5.74, 6) is 1.24. The number of hydroxylamine groups is 1. The number of benzene rings is 1. The molecule has 0 amide bonds. The van der Waals surface area contributed by atoms with Gasteiger partial charge in [-0.05, 0) is 24.1 Å². The van der Waals surface area contributed by atoms with Gasteiger partial charge in [-0.15, -0.1) is 0 Å². The molecule has 1 aliphatic heterocycles. The highest BCUT2D eigenvalue weighted by Crippen LogP contribution is 2.41. The zero-order chi connectivity index (χ0) is 10.8. The van der Waals surface area contributed by atoms with Gasteiger partial charge in [-0.25, -0.2) is 5.48 Å². The van der Waals surface area contributed by atoms with Crippen LogP contribution in [0.5, 0.6) is 11.5 Å². The second kappa shape index (κ2) is 4.26. The van der Waals surface area contributed by atoms with Gasteiger partial charge in [0.2, 0.25) is 0 Å². The van der Waals surface area contributed by atoms with Gasteiger partial charge in [0, 0.05) is 6.54 Å². The van der Waals surface area contributed by atoms with Crippen molar-refractivity contribution in [3.05, 3.63) is 22.2 Å². The molecular formula is C10H12ClNO3. The summed E-state index contributed by atoms with van der Waals surface area (Å²) in [7, 11) is 0. The molecule has 4 nitrogen and oxygen atoms in total.